The Hall–Kier alpha value is -1.89. The van der Waals surface area contributed by atoms with Crippen LogP contribution in [-0.2, 0) is 16.0 Å². The predicted molar refractivity (Wildman–Crippen MR) is 121 cm³/mol. The van der Waals surface area contributed by atoms with E-state index < -0.39 is 0 Å². The standard InChI is InChI=1S/C23H28ClN3O2S/c1-16-5-3-4-6-18(16)23-19-8-12-30-20(19)7-9-26(23)15-22(29)25-10-11-27(17(2)14-25)21(28)13-24/h3-6,8,12,17,23H,7,9-11,13-15H2,1-2H3. The van der Waals surface area contributed by atoms with Crippen LogP contribution in [0.5, 0.6) is 0 Å². The molecule has 5 nitrogen and oxygen atoms in total. The first-order valence-corrected chi connectivity index (χ1v) is 11.9. The maximum Gasteiger partial charge on any atom is 0.237 e. The SMILES string of the molecule is Cc1ccccc1C1c2ccsc2CCN1CC(=O)N1CCN(C(=O)CCl)C(C)C1. The topological polar surface area (TPSA) is 43.9 Å². The largest absolute Gasteiger partial charge is 0.338 e. The molecule has 1 aromatic heterocycles. The molecule has 30 heavy (non-hydrogen) atoms. The summed E-state index contributed by atoms with van der Waals surface area (Å²) in [4.78, 5) is 32.6. The van der Waals surface area contributed by atoms with E-state index >= 15 is 0 Å². The minimum absolute atomic E-state index is 0.00680. The van der Waals surface area contributed by atoms with Crippen LogP contribution in [0.4, 0.5) is 0 Å². The highest BCUT2D eigenvalue weighted by atomic mass is 35.5. The van der Waals surface area contributed by atoms with E-state index in [1.165, 1.54) is 21.6 Å². The average molecular weight is 446 g/mol. The first-order valence-electron chi connectivity index (χ1n) is 10.5. The molecule has 0 bridgehead atoms. The highest BCUT2D eigenvalue weighted by Crippen LogP contribution is 2.38. The van der Waals surface area contributed by atoms with Gasteiger partial charge in [-0.25, -0.2) is 0 Å². The molecule has 2 amide bonds. The minimum Gasteiger partial charge on any atom is -0.338 e. The molecule has 1 saturated heterocycles. The van der Waals surface area contributed by atoms with Gasteiger partial charge in [-0.05, 0) is 48.4 Å². The summed E-state index contributed by atoms with van der Waals surface area (Å²) in [5.41, 5.74) is 3.86. The number of nitrogens with zero attached hydrogens (tertiary/aromatic N) is 3. The molecule has 0 saturated carbocycles. The number of rotatable bonds is 4. The lowest BCUT2D eigenvalue weighted by Crippen LogP contribution is -2.57. The van der Waals surface area contributed by atoms with E-state index in [2.05, 4.69) is 47.5 Å². The number of fused-ring (bicyclic) bond motifs is 1. The van der Waals surface area contributed by atoms with Gasteiger partial charge in [0.05, 0.1) is 12.6 Å². The smallest absolute Gasteiger partial charge is 0.237 e. The number of alkyl halides is 1. The summed E-state index contributed by atoms with van der Waals surface area (Å²) in [6.07, 6.45) is 0.983. The molecule has 2 aliphatic heterocycles. The van der Waals surface area contributed by atoms with Gasteiger partial charge in [-0.1, -0.05) is 24.3 Å². The van der Waals surface area contributed by atoms with E-state index in [0.29, 0.717) is 26.2 Å². The van der Waals surface area contributed by atoms with Crippen LogP contribution in [0.15, 0.2) is 35.7 Å². The number of aryl methyl sites for hydroxylation is 1. The second-order valence-electron chi connectivity index (χ2n) is 8.19. The van der Waals surface area contributed by atoms with Gasteiger partial charge in [-0.15, -0.1) is 22.9 Å². The fourth-order valence-electron chi connectivity index (χ4n) is 4.70. The Bertz CT molecular complexity index is 931. The average Bonchev–Trinajstić information content (AvgIpc) is 3.22. The molecule has 4 rings (SSSR count). The van der Waals surface area contributed by atoms with Gasteiger partial charge < -0.3 is 9.80 Å². The fraction of sp³-hybridized carbons (Fsp3) is 0.478. The minimum atomic E-state index is -0.0584. The van der Waals surface area contributed by atoms with Crippen molar-refractivity contribution in [2.24, 2.45) is 0 Å². The number of benzene rings is 1. The summed E-state index contributed by atoms with van der Waals surface area (Å²) in [7, 11) is 0. The Morgan fingerprint density at radius 1 is 1.10 bits per heavy atom. The monoisotopic (exact) mass is 445 g/mol. The Morgan fingerprint density at radius 2 is 1.90 bits per heavy atom. The molecule has 0 aliphatic carbocycles. The summed E-state index contributed by atoms with van der Waals surface area (Å²) in [6.45, 7) is 7.08. The molecule has 0 spiro atoms. The van der Waals surface area contributed by atoms with Crippen molar-refractivity contribution in [2.45, 2.75) is 32.4 Å². The number of thiophene rings is 1. The molecule has 1 fully saturated rings. The molecule has 160 valence electrons. The lowest BCUT2D eigenvalue weighted by molar-refractivity contribution is -0.142. The molecule has 2 aliphatic rings. The van der Waals surface area contributed by atoms with E-state index in [9.17, 15) is 9.59 Å². The van der Waals surface area contributed by atoms with Crippen molar-refractivity contribution in [3.05, 3.63) is 57.3 Å². The molecule has 0 N–H and O–H groups in total. The van der Waals surface area contributed by atoms with Crippen LogP contribution in [0.1, 0.15) is 34.5 Å². The summed E-state index contributed by atoms with van der Waals surface area (Å²) in [5, 5.41) is 2.16. The van der Waals surface area contributed by atoms with Crippen LogP contribution in [0.2, 0.25) is 0 Å². The maximum absolute atomic E-state index is 13.2. The third-order valence-electron chi connectivity index (χ3n) is 6.30. The van der Waals surface area contributed by atoms with Crippen LogP contribution in [0.3, 0.4) is 0 Å². The zero-order valence-electron chi connectivity index (χ0n) is 17.5. The van der Waals surface area contributed by atoms with E-state index in [4.69, 9.17) is 11.6 Å². The highest BCUT2D eigenvalue weighted by molar-refractivity contribution is 7.10. The molecular formula is C23H28ClN3O2S. The van der Waals surface area contributed by atoms with Crippen molar-refractivity contribution in [1.29, 1.82) is 0 Å². The van der Waals surface area contributed by atoms with Gasteiger partial charge in [0.25, 0.3) is 0 Å². The molecule has 2 atom stereocenters. The second-order valence-corrected chi connectivity index (χ2v) is 9.46. The normalized spacial score (nSPS) is 22.1. The van der Waals surface area contributed by atoms with Gasteiger partial charge in [0.15, 0.2) is 0 Å². The lowest BCUT2D eigenvalue weighted by Gasteiger charge is -2.42. The second kappa shape index (κ2) is 9.08. The van der Waals surface area contributed by atoms with Crippen molar-refractivity contribution in [3.63, 3.8) is 0 Å². The van der Waals surface area contributed by atoms with Gasteiger partial charge in [-0.3, -0.25) is 14.5 Å². The van der Waals surface area contributed by atoms with Gasteiger partial charge in [-0.2, -0.15) is 0 Å². The predicted octanol–water partition coefficient (Wildman–Crippen LogP) is 3.30. The molecule has 3 heterocycles. The van der Waals surface area contributed by atoms with Gasteiger partial charge in [0.1, 0.15) is 5.88 Å². The zero-order valence-corrected chi connectivity index (χ0v) is 19.1. The number of carbonyl (C=O) groups is 2. The van der Waals surface area contributed by atoms with Crippen LogP contribution in [0, 0.1) is 6.92 Å². The van der Waals surface area contributed by atoms with Gasteiger partial charge in [0.2, 0.25) is 11.8 Å². The fourth-order valence-corrected chi connectivity index (χ4v) is 5.76. The number of hydrogen-bond acceptors (Lipinski definition) is 4. The van der Waals surface area contributed by atoms with E-state index in [0.717, 1.165) is 13.0 Å². The zero-order chi connectivity index (χ0) is 21.3. The number of amides is 2. The van der Waals surface area contributed by atoms with Crippen molar-refractivity contribution >= 4 is 34.8 Å². The Labute approximate surface area is 187 Å². The number of piperazine rings is 1. The number of halogens is 1. The molecule has 2 aromatic rings. The maximum atomic E-state index is 13.2. The molecular weight excluding hydrogens is 418 g/mol. The van der Waals surface area contributed by atoms with Gasteiger partial charge >= 0.3 is 0 Å². The third-order valence-corrected chi connectivity index (χ3v) is 7.53. The first kappa shape index (κ1) is 21.3. The van der Waals surface area contributed by atoms with E-state index in [1.54, 1.807) is 4.90 Å². The highest BCUT2D eigenvalue weighted by Gasteiger charge is 2.34. The van der Waals surface area contributed by atoms with Crippen molar-refractivity contribution in [1.82, 2.24) is 14.7 Å². The quantitative estimate of drug-likeness (QED) is 0.678. The van der Waals surface area contributed by atoms with Crippen molar-refractivity contribution in [2.75, 3.05) is 38.6 Å². The summed E-state index contributed by atoms with van der Waals surface area (Å²) < 4.78 is 0. The van der Waals surface area contributed by atoms with E-state index in [-0.39, 0.29) is 29.8 Å². The summed E-state index contributed by atoms with van der Waals surface area (Å²) in [6, 6.07) is 10.8. The number of hydrogen-bond donors (Lipinski definition) is 0. The van der Waals surface area contributed by atoms with Crippen molar-refractivity contribution in [3.8, 4) is 0 Å². The van der Waals surface area contributed by atoms with Crippen LogP contribution in [-0.4, -0.2) is 71.2 Å². The Kier molecular flexibility index (Phi) is 6.46. The van der Waals surface area contributed by atoms with Crippen LogP contribution >= 0.6 is 22.9 Å². The Morgan fingerprint density at radius 3 is 2.63 bits per heavy atom. The summed E-state index contributed by atoms with van der Waals surface area (Å²) in [5.74, 6) is 0.0710. The molecule has 0 radical (unpaired) electrons. The van der Waals surface area contributed by atoms with Gasteiger partial charge in [0, 0.05) is 37.1 Å². The van der Waals surface area contributed by atoms with Crippen LogP contribution < -0.4 is 0 Å². The van der Waals surface area contributed by atoms with Crippen LogP contribution in [0.25, 0.3) is 0 Å². The number of carbonyl (C=O) groups excluding carboxylic acids is 2. The molecule has 2 unspecified atom stereocenters. The van der Waals surface area contributed by atoms with Crippen molar-refractivity contribution < 1.29 is 9.59 Å². The Balaban J connectivity index is 1.51. The van der Waals surface area contributed by atoms with E-state index in [1.807, 2.05) is 23.2 Å². The molecule has 7 heteroatoms. The molecule has 1 aromatic carbocycles. The first-order chi connectivity index (χ1) is 14.5. The third kappa shape index (κ3) is 4.13. The summed E-state index contributed by atoms with van der Waals surface area (Å²) >= 11 is 7.53. The lowest BCUT2D eigenvalue weighted by atomic mass is 9.90.